The Balaban J connectivity index is 0.983. The monoisotopic (exact) mass is 874 g/mol. The molecule has 3 heterocycles. The van der Waals surface area contributed by atoms with Crippen molar-refractivity contribution in [1.82, 2.24) is 15.2 Å². The Hall–Kier alpha value is -6.83. The molecule has 4 N–H and O–H groups in total. The normalized spacial score (nSPS) is 15.9. The maximum absolute atomic E-state index is 14.2. The molecule has 13 nitrogen and oxygen atoms in total. The molecule has 0 radical (unpaired) electrons. The molecule has 0 spiro atoms. The van der Waals surface area contributed by atoms with Gasteiger partial charge in [-0.2, -0.15) is 0 Å². The predicted molar refractivity (Wildman–Crippen MR) is 230 cm³/mol. The van der Waals surface area contributed by atoms with Crippen molar-refractivity contribution < 1.29 is 42.9 Å². The molecule has 5 aromatic carbocycles. The molecule has 6 aromatic rings. The second kappa shape index (κ2) is 17.6. The first-order valence-electron chi connectivity index (χ1n) is 19.7. The van der Waals surface area contributed by atoms with Crippen molar-refractivity contribution in [2.24, 2.45) is 5.73 Å². The SMILES string of the molecule is Cc1nc(C(=O)N2Cc3cc4c(cc3C[C@H]2C(=O)N[C@@H](Cc2ccc(-c3ccc(C(N)=O)cc3)cc2)C(=O)O)OC[C@H](c2ccc(OCc3ccc(Cl)c(Cl)c3)cc2)O4)c(C)o1. The number of aliphatic carboxylic acids is 1. The Morgan fingerprint density at radius 3 is 2.19 bits per heavy atom. The summed E-state index contributed by atoms with van der Waals surface area (Å²) in [6, 6.07) is 28.1. The Labute approximate surface area is 366 Å². The Morgan fingerprint density at radius 2 is 1.55 bits per heavy atom. The minimum atomic E-state index is -1.31. The number of carbonyl (C=O) groups excluding carboxylic acids is 3. The summed E-state index contributed by atoms with van der Waals surface area (Å²) in [5, 5.41) is 13.9. The first kappa shape index (κ1) is 41.9. The summed E-state index contributed by atoms with van der Waals surface area (Å²) in [4.78, 5) is 58.1. The fourth-order valence-corrected chi connectivity index (χ4v) is 7.89. The van der Waals surface area contributed by atoms with Gasteiger partial charge in [0.25, 0.3) is 5.91 Å². The highest BCUT2D eigenvalue weighted by Gasteiger charge is 2.39. The van der Waals surface area contributed by atoms with Gasteiger partial charge in [0.1, 0.15) is 36.8 Å². The smallest absolute Gasteiger partial charge is 0.326 e. The van der Waals surface area contributed by atoms with Gasteiger partial charge >= 0.3 is 5.97 Å². The minimum Gasteiger partial charge on any atom is -0.489 e. The zero-order valence-electron chi connectivity index (χ0n) is 33.5. The molecule has 316 valence electrons. The lowest BCUT2D eigenvalue weighted by atomic mass is 9.91. The molecule has 2 aliphatic heterocycles. The topological polar surface area (TPSA) is 184 Å². The van der Waals surface area contributed by atoms with Gasteiger partial charge < -0.3 is 39.7 Å². The predicted octanol–water partition coefficient (Wildman–Crippen LogP) is 7.83. The number of nitrogens with one attached hydrogen (secondary N) is 1. The van der Waals surface area contributed by atoms with Crippen LogP contribution in [0.4, 0.5) is 0 Å². The Kier molecular flexibility index (Phi) is 11.9. The molecule has 2 aliphatic rings. The number of oxazole rings is 1. The third kappa shape index (κ3) is 9.09. The van der Waals surface area contributed by atoms with Crippen LogP contribution in [0.25, 0.3) is 11.1 Å². The highest BCUT2D eigenvalue weighted by atomic mass is 35.5. The van der Waals surface area contributed by atoms with E-state index in [9.17, 15) is 24.3 Å². The first-order chi connectivity index (χ1) is 29.8. The van der Waals surface area contributed by atoms with E-state index in [1.807, 2.05) is 54.6 Å². The van der Waals surface area contributed by atoms with Crippen molar-refractivity contribution in [3.8, 4) is 28.4 Å². The van der Waals surface area contributed by atoms with Gasteiger partial charge in [0.15, 0.2) is 29.2 Å². The molecule has 0 saturated carbocycles. The van der Waals surface area contributed by atoms with Gasteiger partial charge in [0.05, 0.1) is 10.0 Å². The maximum atomic E-state index is 14.2. The number of fused-ring (bicyclic) bond motifs is 2. The van der Waals surface area contributed by atoms with Crippen molar-refractivity contribution >= 4 is 46.9 Å². The summed E-state index contributed by atoms with van der Waals surface area (Å²) in [5.74, 6) is -0.732. The first-order valence-corrected chi connectivity index (χ1v) is 20.4. The van der Waals surface area contributed by atoms with Crippen LogP contribution in [-0.4, -0.2) is 57.4 Å². The molecule has 0 unspecified atom stereocenters. The van der Waals surface area contributed by atoms with E-state index < -0.39 is 41.9 Å². The molecule has 3 atom stereocenters. The quantitative estimate of drug-likeness (QED) is 0.110. The zero-order valence-corrected chi connectivity index (χ0v) is 35.0. The Bertz CT molecular complexity index is 2680. The van der Waals surface area contributed by atoms with Crippen LogP contribution in [0.1, 0.15) is 66.4 Å². The fourth-order valence-electron chi connectivity index (χ4n) is 7.57. The molecule has 3 amide bonds. The third-order valence-electron chi connectivity index (χ3n) is 10.9. The number of nitrogens with zero attached hydrogens (tertiary/aromatic N) is 2. The van der Waals surface area contributed by atoms with Gasteiger partial charge in [-0.1, -0.05) is 77.8 Å². The summed E-state index contributed by atoms with van der Waals surface area (Å²) >= 11 is 12.2. The van der Waals surface area contributed by atoms with Crippen LogP contribution in [0.15, 0.2) is 108 Å². The van der Waals surface area contributed by atoms with Crippen LogP contribution in [-0.2, 0) is 35.6 Å². The Morgan fingerprint density at radius 1 is 0.871 bits per heavy atom. The molecule has 0 fully saturated rings. The van der Waals surface area contributed by atoms with Gasteiger partial charge in [-0.25, -0.2) is 9.78 Å². The van der Waals surface area contributed by atoms with E-state index in [1.54, 1.807) is 62.4 Å². The van der Waals surface area contributed by atoms with E-state index in [0.717, 1.165) is 33.4 Å². The fraction of sp³-hybridized carbons (Fsp3) is 0.213. The zero-order chi connectivity index (χ0) is 43.7. The van der Waals surface area contributed by atoms with Crippen LogP contribution in [0.5, 0.6) is 17.2 Å². The number of carbonyl (C=O) groups is 4. The number of benzene rings is 5. The van der Waals surface area contributed by atoms with Crippen LogP contribution in [0.2, 0.25) is 10.0 Å². The number of aromatic nitrogens is 1. The number of ether oxygens (including phenoxy) is 3. The van der Waals surface area contributed by atoms with Crippen molar-refractivity contribution in [3.05, 3.63) is 164 Å². The lowest BCUT2D eigenvalue weighted by Gasteiger charge is -2.37. The summed E-state index contributed by atoms with van der Waals surface area (Å²) in [6.45, 7) is 3.78. The number of rotatable bonds is 12. The number of carboxylic acid groups (broad SMARTS) is 1. The summed E-state index contributed by atoms with van der Waals surface area (Å²) in [6.07, 6.45) is -0.388. The van der Waals surface area contributed by atoms with Crippen molar-refractivity contribution in [1.29, 1.82) is 0 Å². The molecule has 15 heteroatoms. The molecule has 0 bridgehead atoms. The van der Waals surface area contributed by atoms with E-state index in [-0.39, 0.29) is 31.7 Å². The summed E-state index contributed by atoms with van der Waals surface area (Å²) in [7, 11) is 0. The van der Waals surface area contributed by atoms with E-state index in [4.69, 9.17) is 47.6 Å². The van der Waals surface area contributed by atoms with Gasteiger partial charge in [0, 0.05) is 31.9 Å². The van der Waals surface area contributed by atoms with Crippen molar-refractivity contribution in [2.75, 3.05) is 6.61 Å². The molecule has 8 rings (SSSR count). The maximum Gasteiger partial charge on any atom is 0.326 e. The molecule has 0 saturated heterocycles. The number of halogens is 2. The van der Waals surface area contributed by atoms with Crippen molar-refractivity contribution in [2.45, 2.75) is 58.0 Å². The number of aryl methyl sites for hydroxylation is 2. The second-order valence-electron chi connectivity index (χ2n) is 15.1. The average molecular weight is 876 g/mol. The largest absolute Gasteiger partial charge is 0.489 e. The van der Waals surface area contributed by atoms with Gasteiger partial charge in [-0.3, -0.25) is 14.4 Å². The number of primary amides is 1. The highest BCUT2D eigenvalue weighted by Crippen LogP contribution is 2.41. The molecular weight excluding hydrogens is 835 g/mol. The summed E-state index contributed by atoms with van der Waals surface area (Å²) < 4.78 is 24.2. The summed E-state index contributed by atoms with van der Waals surface area (Å²) in [5.41, 5.74) is 11.4. The van der Waals surface area contributed by atoms with Crippen molar-refractivity contribution in [3.63, 3.8) is 0 Å². The molecule has 62 heavy (non-hydrogen) atoms. The molecule has 0 aliphatic carbocycles. The standard InChI is InChI=1S/C47H40Cl2N4O9/c1-25-43(51-26(2)61-25)46(56)53-22-34-21-41-40(60-24-42(62-41)31-12-14-35(15-13-31)59-23-28-5-16-36(48)37(49)17-28)20-33(34)19-39(53)45(55)52-38(47(57)58)18-27-3-6-29(7-4-27)30-8-10-32(11-9-30)44(50)54/h3-17,20-21,38-39,42H,18-19,22-24H2,1-2H3,(H2,50,54)(H,52,55)(H,57,58)/t38-,39-,42+/m0/s1. The minimum absolute atomic E-state index is 0.00337. The van der Waals surface area contributed by atoms with Gasteiger partial charge in [-0.15, -0.1) is 0 Å². The van der Waals surface area contributed by atoms with Crippen LogP contribution in [0.3, 0.4) is 0 Å². The number of hydrogen-bond donors (Lipinski definition) is 3. The van der Waals surface area contributed by atoms with Gasteiger partial charge in [0.2, 0.25) is 11.8 Å². The second-order valence-corrected chi connectivity index (χ2v) is 15.9. The number of carboxylic acids is 1. The number of nitrogens with two attached hydrogens (primary N) is 1. The van der Waals surface area contributed by atoms with E-state index >= 15 is 0 Å². The van der Waals surface area contributed by atoms with E-state index in [1.165, 1.54) is 4.90 Å². The van der Waals surface area contributed by atoms with Crippen LogP contribution < -0.4 is 25.3 Å². The third-order valence-corrected chi connectivity index (χ3v) is 11.6. The van der Waals surface area contributed by atoms with Crippen LogP contribution in [0, 0.1) is 13.8 Å². The number of hydrogen-bond acceptors (Lipinski definition) is 9. The highest BCUT2D eigenvalue weighted by molar-refractivity contribution is 6.42. The molecular formula is C47H40Cl2N4O9. The van der Waals surface area contributed by atoms with Crippen LogP contribution >= 0.6 is 23.2 Å². The lowest BCUT2D eigenvalue weighted by molar-refractivity contribution is -0.142. The van der Waals surface area contributed by atoms with E-state index in [2.05, 4.69) is 10.3 Å². The van der Waals surface area contributed by atoms with Gasteiger partial charge in [-0.05, 0) is 94.4 Å². The average Bonchev–Trinajstić information content (AvgIpc) is 3.62. The van der Waals surface area contributed by atoms with E-state index in [0.29, 0.717) is 56.7 Å². The molecule has 1 aromatic heterocycles. The number of amides is 3. The lowest BCUT2D eigenvalue weighted by Crippen LogP contribution is -2.56.